The van der Waals surface area contributed by atoms with E-state index in [-0.39, 0.29) is 5.76 Å². The molecule has 8 heteroatoms. The van der Waals surface area contributed by atoms with E-state index in [1.165, 1.54) is 0 Å². The van der Waals surface area contributed by atoms with Gasteiger partial charge in [-0.05, 0) is 55.0 Å². The number of oxazole rings is 1. The first kappa shape index (κ1) is 24.5. The molecule has 0 aliphatic rings. The van der Waals surface area contributed by atoms with Gasteiger partial charge < -0.3 is 18.9 Å². The standard InChI is InChI=1S/C31H21ClN2O5/c1-17-7-9-18(10-8-17)27-21-5-3-4-6-22(21)31(36)39-28(27)29(35)33-20-12-14-26-24(16-20)34-30(38-26)19-11-13-25(37-2)23(32)15-19/h3-16H,1-2H3,(H,33,35). The quantitative estimate of drug-likeness (QED) is 0.245. The number of benzene rings is 4. The molecule has 0 aliphatic heterocycles. The number of fused-ring (bicyclic) bond motifs is 2. The smallest absolute Gasteiger partial charge is 0.344 e. The highest BCUT2D eigenvalue weighted by molar-refractivity contribution is 6.32. The van der Waals surface area contributed by atoms with Gasteiger partial charge in [-0.1, -0.05) is 59.6 Å². The molecule has 1 amide bonds. The first-order chi connectivity index (χ1) is 18.9. The summed E-state index contributed by atoms with van der Waals surface area (Å²) in [5, 5.41) is 4.32. The van der Waals surface area contributed by atoms with Gasteiger partial charge in [-0.2, -0.15) is 0 Å². The van der Waals surface area contributed by atoms with E-state index in [9.17, 15) is 9.59 Å². The van der Waals surface area contributed by atoms with Crippen LogP contribution in [0.25, 0.3) is 44.5 Å². The number of methoxy groups -OCH3 is 1. The summed E-state index contributed by atoms with van der Waals surface area (Å²) < 4.78 is 16.7. The van der Waals surface area contributed by atoms with Crippen LogP contribution in [-0.4, -0.2) is 18.0 Å². The molecule has 0 aliphatic carbocycles. The predicted octanol–water partition coefficient (Wildman–Crippen LogP) is 7.49. The van der Waals surface area contributed by atoms with E-state index in [1.807, 2.05) is 43.3 Å². The summed E-state index contributed by atoms with van der Waals surface area (Å²) in [6, 6.07) is 25.1. The number of halogens is 1. The molecule has 0 unspecified atom stereocenters. The molecule has 7 nitrogen and oxygen atoms in total. The number of nitrogens with one attached hydrogen (secondary N) is 1. The average molecular weight is 537 g/mol. The molecule has 0 radical (unpaired) electrons. The SMILES string of the molecule is COc1ccc(-c2nc3cc(NC(=O)c4oc(=O)c5ccccc5c4-c4ccc(C)cc4)ccc3o2)cc1Cl. The molecule has 0 fully saturated rings. The zero-order chi connectivity index (χ0) is 27.1. The van der Waals surface area contributed by atoms with Crippen molar-refractivity contribution in [3.63, 3.8) is 0 Å². The van der Waals surface area contributed by atoms with Gasteiger partial charge in [-0.25, -0.2) is 9.78 Å². The lowest BCUT2D eigenvalue weighted by Gasteiger charge is -2.12. The van der Waals surface area contributed by atoms with Crippen molar-refractivity contribution in [2.75, 3.05) is 12.4 Å². The first-order valence-electron chi connectivity index (χ1n) is 12.1. The Bertz CT molecular complexity index is 1940. The summed E-state index contributed by atoms with van der Waals surface area (Å²) in [6.07, 6.45) is 0. The Kier molecular flexibility index (Phi) is 6.13. The van der Waals surface area contributed by atoms with E-state index in [4.69, 9.17) is 25.2 Å². The van der Waals surface area contributed by atoms with E-state index >= 15 is 0 Å². The van der Waals surface area contributed by atoms with Crippen LogP contribution in [-0.2, 0) is 0 Å². The Labute approximate surface area is 227 Å². The van der Waals surface area contributed by atoms with Crippen molar-refractivity contribution in [3.05, 3.63) is 112 Å². The van der Waals surface area contributed by atoms with Crippen molar-refractivity contribution in [1.29, 1.82) is 0 Å². The largest absolute Gasteiger partial charge is 0.495 e. The van der Waals surface area contributed by atoms with Gasteiger partial charge in [0.1, 0.15) is 11.3 Å². The number of aryl methyl sites for hydroxylation is 1. The number of aromatic nitrogens is 1. The molecule has 2 heterocycles. The molecule has 2 aromatic heterocycles. The minimum atomic E-state index is -0.582. The van der Waals surface area contributed by atoms with Crippen molar-refractivity contribution < 1.29 is 18.4 Å². The number of nitrogens with zero attached hydrogens (tertiary/aromatic N) is 1. The number of anilines is 1. The molecule has 0 saturated carbocycles. The van der Waals surface area contributed by atoms with Gasteiger partial charge in [-0.3, -0.25) is 4.79 Å². The summed E-state index contributed by atoms with van der Waals surface area (Å²) in [7, 11) is 1.54. The second kappa shape index (κ2) is 9.78. The Morgan fingerprint density at radius 1 is 0.897 bits per heavy atom. The van der Waals surface area contributed by atoms with E-state index in [0.29, 0.717) is 55.3 Å². The Balaban J connectivity index is 1.38. The number of ether oxygens (including phenoxy) is 1. The maximum atomic E-state index is 13.5. The topological polar surface area (TPSA) is 94.6 Å². The number of amides is 1. The number of hydrogen-bond acceptors (Lipinski definition) is 6. The summed E-state index contributed by atoms with van der Waals surface area (Å²) in [5.41, 5.74) is 4.02. The fourth-order valence-corrected chi connectivity index (χ4v) is 4.74. The zero-order valence-corrected chi connectivity index (χ0v) is 21.7. The Hall–Kier alpha value is -4.88. The van der Waals surface area contributed by atoms with Crippen LogP contribution in [0.1, 0.15) is 16.1 Å². The third-order valence-electron chi connectivity index (χ3n) is 6.43. The minimum Gasteiger partial charge on any atom is -0.495 e. The molecule has 4 aromatic carbocycles. The number of hydrogen-bond donors (Lipinski definition) is 1. The summed E-state index contributed by atoms with van der Waals surface area (Å²) >= 11 is 6.26. The van der Waals surface area contributed by atoms with Crippen molar-refractivity contribution in [2.24, 2.45) is 0 Å². The second-order valence-electron chi connectivity index (χ2n) is 9.01. The molecule has 6 rings (SSSR count). The van der Waals surface area contributed by atoms with Gasteiger partial charge in [0.2, 0.25) is 11.7 Å². The molecule has 1 N–H and O–H groups in total. The summed E-state index contributed by atoms with van der Waals surface area (Å²) in [5.74, 6) is 0.293. The number of carbonyl (C=O) groups is 1. The molecule has 6 aromatic rings. The maximum Gasteiger partial charge on any atom is 0.344 e. The fraction of sp³-hybridized carbons (Fsp3) is 0.0645. The Morgan fingerprint density at radius 3 is 2.38 bits per heavy atom. The second-order valence-corrected chi connectivity index (χ2v) is 9.42. The third kappa shape index (κ3) is 4.53. The molecular weight excluding hydrogens is 516 g/mol. The monoisotopic (exact) mass is 536 g/mol. The van der Waals surface area contributed by atoms with Crippen LogP contribution in [0.5, 0.6) is 5.75 Å². The number of carbonyl (C=O) groups excluding carboxylic acids is 1. The van der Waals surface area contributed by atoms with Crippen LogP contribution in [0.15, 0.2) is 98.6 Å². The van der Waals surface area contributed by atoms with Crippen molar-refractivity contribution in [2.45, 2.75) is 6.92 Å². The molecule has 0 bridgehead atoms. The minimum absolute atomic E-state index is 0.0728. The lowest BCUT2D eigenvalue weighted by Crippen LogP contribution is -2.17. The van der Waals surface area contributed by atoms with Gasteiger partial charge in [0.15, 0.2) is 5.58 Å². The van der Waals surface area contributed by atoms with E-state index in [1.54, 1.807) is 55.6 Å². The van der Waals surface area contributed by atoms with Crippen LogP contribution in [0, 0.1) is 6.92 Å². The first-order valence-corrected chi connectivity index (χ1v) is 12.5. The van der Waals surface area contributed by atoms with Gasteiger partial charge in [0.25, 0.3) is 5.91 Å². The van der Waals surface area contributed by atoms with E-state index in [2.05, 4.69) is 10.3 Å². The fourth-order valence-electron chi connectivity index (χ4n) is 4.48. The van der Waals surface area contributed by atoms with Crippen LogP contribution < -0.4 is 15.7 Å². The third-order valence-corrected chi connectivity index (χ3v) is 6.72. The molecule has 192 valence electrons. The predicted molar refractivity (Wildman–Crippen MR) is 152 cm³/mol. The molecular formula is C31H21ClN2O5. The highest BCUT2D eigenvalue weighted by Crippen LogP contribution is 2.34. The lowest BCUT2D eigenvalue weighted by atomic mass is 9.97. The summed E-state index contributed by atoms with van der Waals surface area (Å²) in [4.78, 5) is 30.9. The molecule has 0 saturated heterocycles. The highest BCUT2D eigenvalue weighted by Gasteiger charge is 2.22. The van der Waals surface area contributed by atoms with Crippen molar-refractivity contribution >= 4 is 45.1 Å². The normalized spacial score (nSPS) is 11.2. The van der Waals surface area contributed by atoms with Gasteiger partial charge in [0, 0.05) is 22.2 Å². The van der Waals surface area contributed by atoms with Gasteiger partial charge in [0.05, 0.1) is 17.5 Å². The molecule has 0 atom stereocenters. The van der Waals surface area contributed by atoms with Crippen LogP contribution >= 0.6 is 11.6 Å². The van der Waals surface area contributed by atoms with Crippen LogP contribution in [0.4, 0.5) is 5.69 Å². The zero-order valence-electron chi connectivity index (χ0n) is 20.9. The van der Waals surface area contributed by atoms with Crippen molar-refractivity contribution in [1.82, 2.24) is 4.98 Å². The van der Waals surface area contributed by atoms with Crippen LogP contribution in [0.3, 0.4) is 0 Å². The number of rotatable bonds is 5. The van der Waals surface area contributed by atoms with E-state index in [0.717, 1.165) is 11.1 Å². The summed E-state index contributed by atoms with van der Waals surface area (Å²) in [6.45, 7) is 1.98. The highest BCUT2D eigenvalue weighted by atomic mass is 35.5. The maximum absolute atomic E-state index is 13.5. The molecule has 39 heavy (non-hydrogen) atoms. The van der Waals surface area contributed by atoms with Gasteiger partial charge in [-0.15, -0.1) is 0 Å². The lowest BCUT2D eigenvalue weighted by molar-refractivity contribution is 0.0994. The molecule has 0 spiro atoms. The van der Waals surface area contributed by atoms with Crippen LogP contribution in [0.2, 0.25) is 5.02 Å². The van der Waals surface area contributed by atoms with Crippen molar-refractivity contribution in [3.8, 4) is 28.3 Å². The van der Waals surface area contributed by atoms with E-state index < -0.39 is 11.5 Å². The Morgan fingerprint density at radius 2 is 1.64 bits per heavy atom. The average Bonchev–Trinajstić information content (AvgIpc) is 3.37. The van der Waals surface area contributed by atoms with Gasteiger partial charge >= 0.3 is 5.63 Å².